The molecule has 0 aliphatic carbocycles. The summed E-state index contributed by atoms with van der Waals surface area (Å²) in [5.74, 6) is -0.681. The number of carbonyl (C=O) groups excluding carboxylic acids is 1. The average Bonchev–Trinajstić information content (AvgIpc) is 2.16. The van der Waals surface area contributed by atoms with Crippen LogP contribution in [0.2, 0.25) is 5.15 Å². The summed E-state index contributed by atoms with van der Waals surface area (Å²) in [5, 5.41) is 10.4. The normalized spacial score (nSPS) is 9.80. The molecule has 0 aliphatic rings. The van der Waals surface area contributed by atoms with Crippen molar-refractivity contribution in [2.75, 3.05) is 7.11 Å². The van der Waals surface area contributed by atoms with Crippen molar-refractivity contribution in [1.29, 1.82) is 0 Å². The van der Waals surface area contributed by atoms with Gasteiger partial charge in [0.2, 0.25) is 5.15 Å². The molecule has 1 aromatic rings. The average molecular weight is 231 g/mol. The van der Waals surface area contributed by atoms with Crippen LogP contribution in [0.5, 0.6) is 0 Å². The smallest absolute Gasteiger partial charge is 0.339 e. The second-order valence-electron chi connectivity index (χ2n) is 2.68. The number of methoxy groups -OCH3 is 1. The molecular formula is C8H7ClN2O4. The molecular weight excluding hydrogens is 224 g/mol. The zero-order valence-electron chi connectivity index (χ0n) is 7.98. The molecule has 0 spiro atoms. The molecule has 80 valence electrons. The predicted molar refractivity (Wildman–Crippen MR) is 52.0 cm³/mol. The van der Waals surface area contributed by atoms with E-state index in [1.807, 2.05) is 0 Å². The monoisotopic (exact) mass is 230 g/mol. The summed E-state index contributed by atoms with van der Waals surface area (Å²) in [6, 6.07) is 0. The van der Waals surface area contributed by atoms with Gasteiger partial charge in [0.1, 0.15) is 0 Å². The Morgan fingerprint density at radius 2 is 2.27 bits per heavy atom. The maximum Gasteiger partial charge on any atom is 0.339 e. The van der Waals surface area contributed by atoms with Crippen LogP contribution >= 0.6 is 11.6 Å². The summed E-state index contributed by atoms with van der Waals surface area (Å²) in [6.07, 6.45) is 1.15. The molecule has 7 heteroatoms. The van der Waals surface area contributed by atoms with Crippen molar-refractivity contribution in [2.24, 2.45) is 0 Å². The molecule has 0 unspecified atom stereocenters. The second kappa shape index (κ2) is 4.22. The number of rotatable bonds is 2. The van der Waals surface area contributed by atoms with Gasteiger partial charge in [-0.2, -0.15) is 0 Å². The number of carbonyl (C=O) groups is 1. The highest BCUT2D eigenvalue weighted by Crippen LogP contribution is 2.28. The quantitative estimate of drug-likeness (QED) is 0.334. The highest BCUT2D eigenvalue weighted by Gasteiger charge is 2.23. The molecule has 0 atom stereocenters. The highest BCUT2D eigenvalue weighted by molar-refractivity contribution is 6.31. The molecule has 6 nitrogen and oxygen atoms in total. The van der Waals surface area contributed by atoms with Crippen LogP contribution in [0.1, 0.15) is 15.9 Å². The van der Waals surface area contributed by atoms with E-state index < -0.39 is 10.9 Å². The number of ether oxygens (including phenoxy) is 1. The van der Waals surface area contributed by atoms with Crippen molar-refractivity contribution in [3.8, 4) is 0 Å². The molecule has 1 rings (SSSR count). The Bertz CT molecular complexity index is 433. The van der Waals surface area contributed by atoms with E-state index >= 15 is 0 Å². The number of halogens is 1. The molecule has 15 heavy (non-hydrogen) atoms. The molecule has 0 amide bonds. The molecule has 0 fully saturated rings. The van der Waals surface area contributed by atoms with E-state index in [0.717, 1.165) is 6.20 Å². The van der Waals surface area contributed by atoms with Crippen molar-refractivity contribution in [3.05, 3.63) is 32.6 Å². The van der Waals surface area contributed by atoms with E-state index in [2.05, 4.69) is 9.72 Å². The van der Waals surface area contributed by atoms with Gasteiger partial charge in [-0.05, 0) is 6.92 Å². The Balaban J connectivity index is 3.41. The Morgan fingerprint density at radius 3 is 2.73 bits per heavy atom. The van der Waals surface area contributed by atoms with Crippen molar-refractivity contribution in [2.45, 2.75) is 6.92 Å². The highest BCUT2D eigenvalue weighted by atomic mass is 35.5. The lowest BCUT2D eigenvalue weighted by Gasteiger charge is -2.04. The Labute approximate surface area is 90.0 Å². The van der Waals surface area contributed by atoms with E-state index in [9.17, 15) is 14.9 Å². The van der Waals surface area contributed by atoms with Crippen LogP contribution in [-0.2, 0) is 4.74 Å². The first-order chi connectivity index (χ1) is 6.99. The molecule has 1 heterocycles. The fourth-order valence-corrected chi connectivity index (χ4v) is 1.35. The third kappa shape index (κ3) is 2.04. The van der Waals surface area contributed by atoms with Crippen LogP contribution in [0.15, 0.2) is 6.20 Å². The lowest BCUT2D eigenvalue weighted by Crippen LogP contribution is -2.07. The van der Waals surface area contributed by atoms with Gasteiger partial charge in [-0.25, -0.2) is 9.78 Å². The Hall–Kier alpha value is -1.69. The topological polar surface area (TPSA) is 82.3 Å². The van der Waals surface area contributed by atoms with E-state index in [0.29, 0.717) is 0 Å². The van der Waals surface area contributed by atoms with Crippen molar-refractivity contribution in [1.82, 2.24) is 4.98 Å². The third-order valence-corrected chi connectivity index (χ3v) is 2.13. The standard InChI is InChI=1S/C8H7ClN2O4/c1-4-5(8(12)15-2)3-10-7(9)6(4)11(13)14/h3H,1-2H3. The van der Waals surface area contributed by atoms with E-state index in [-0.39, 0.29) is 22.0 Å². The van der Waals surface area contributed by atoms with Gasteiger partial charge in [0.25, 0.3) is 0 Å². The minimum absolute atomic E-state index is 0.0357. The lowest BCUT2D eigenvalue weighted by molar-refractivity contribution is -0.385. The lowest BCUT2D eigenvalue weighted by atomic mass is 10.1. The number of nitrogens with zero attached hydrogens (tertiary/aromatic N) is 2. The fraction of sp³-hybridized carbons (Fsp3) is 0.250. The van der Waals surface area contributed by atoms with Gasteiger partial charge < -0.3 is 4.74 Å². The molecule has 1 aromatic heterocycles. The predicted octanol–water partition coefficient (Wildman–Crippen LogP) is 1.74. The first-order valence-corrected chi connectivity index (χ1v) is 4.24. The fourth-order valence-electron chi connectivity index (χ4n) is 1.09. The van der Waals surface area contributed by atoms with Gasteiger partial charge in [-0.15, -0.1) is 0 Å². The number of esters is 1. The largest absolute Gasteiger partial charge is 0.465 e. The second-order valence-corrected chi connectivity index (χ2v) is 3.04. The first kappa shape index (κ1) is 11.4. The van der Waals surface area contributed by atoms with Gasteiger partial charge in [0.15, 0.2) is 0 Å². The van der Waals surface area contributed by atoms with E-state index in [1.54, 1.807) is 0 Å². The molecule has 0 aliphatic heterocycles. The molecule has 0 saturated heterocycles. The number of pyridine rings is 1. The molecule has 0 saturated carbocycles. The molecule has 0 N–H and O–H groups in total. The number of nitro groups is 1. The minimum Gasteiger partial charge on any atom is -0.465 e. The summed E-state index contributed by atoms with van der Waals surface area (Å²) in [6.45, 7) is 1.41. The van der Waals surface area contributed by atoms with Crippen molar-refractivity contribution >= 4 is 23.3 Å². The summed E-state index contributed by atoms with van der Waals surface area (Å²) < 4.78 is 4.45. The number of aromatic nitrogens is 1. The zero-order chi connectivity index (χ0) is 11.6. The third-order valence-electron chi connectivity index (χ3n) is 1.85. The first-order valence-electron chi connectivity index (χ1n) is 3.86. The van der Waals surface area contributed by atoms with Gasteiger partial charge in [0.05, 0.1) is 17.6 Å². The Morgan fingerprint density at radius 1 is 1.67 bits per heavy atom. The number of hydrogen-bond donors (Lipinski definition) is 0. The SMILES string of the molecule is COC(=O)c1cnc(Cl)c([N+](=O)[O-])c1C. The van der Waals surface area contributed by atoms with Crippen LogP contribution in [-0.4, -0.2) is 23.0 Å². The van der Waals surface area contributed by atoms with Crippen molar-refractivity contribution < 1.29 is 14.5 Å². The van der Waals surface area contributed by atoms with Crippen LogP contribution in [0, 0.1) is 17.0 Å². The van der Waals surface area contributed by atoms with Gasteiger partial charge in [0, 0.05) is 11.8 Å². The summed E-state index contributed by atoms with van der Waals surface area (Å²) >= 11 is 5.54. The minimum atomic E-state index is -0.683. The van der Waals surface area contributed by atoms with Crippen molar-refractivity contribution in [3.63, 3.8) is 0 Å². The zero-order valence-corrected chi connectivity index (χ0v) is 8.74. The molecule has 0 radical (unpaired) electrons. The maximum absolute atomic E-state index is 11.2. The van der Waals surface area contributed by atoms with Crippen LogP contribution < -0.4 is 0 Å². The maximum atomic E-state index is 11.2. The van der Waals surface area contributed by atoms with Crippen LogP contribution in [0.25, 0.3) is 0 Å². The molecule has 0 aromatic carbocycles. The van der Waals surface area contributed by atoms with Gasteiger partial charge >= 0.3 is 11.7 Å². The summed E-state index contributed by atoms with van der Waals surface area (Å²) in [4.78, 5) is 24.7. The van der Waals surface area contributed by atoms with Crippen LogP contribution in [0.4, 0.5) is 5.69 Å². The van der Waals surface area contributed by atoms with E-state index in [4.69, 9.17) is 11.6 Å². The van der Waals surface area contributed by atoms with Gasteiger partial charge in [-0.3, -0.25) is 10.1 Å². The number of hydrogen-bond acceptors (Lipinski definition) is 5. The van der Waals surface area contributed by atoms with Gasteiger partial charge in [-0.1, -0.05) is 11.6 Å². The molecule has 0 bridgehead atoms. The Kier molecular flexibility index (Phi) is 3.21. The van der Waals surface area contributed by atoms with E-state index in [1.165, 1.54) is 14.0 Å². The summed E-state index contributed by atoms with van der Waals surface area (Å²) in [7, 11) is 1.18. The van der Waals surface area contributed by atoms with Crippen LogP contribution in [0.3, 0.4) is 0 Å². The summed E-state index contributed by atoms with van der Waals surface area (Å²) in [5.41, 5.74) is -0.194.